The molecule has 0 aliphatic rings. The fraction of sp³-hybridized carbons (Fsp3) is 0.143. The second-order valence-corrected chi connectivity index (χ2v) is 6.86. The van der Waals surface area contributed by atoms with Gasteiger partial charge < -0.3 is 11.5 Å². The van der Waals surface area contributed by atoms with Crippen LogP contribution in [0.25, 0.3) is 20.2 Å². The van der Waals surface area contributed by atoms with Gasteiger partial charge in [0.15, 0.2) is 0 Å². The van der Waals surface area contributed by atoms with Gasteiger partial charge in [0.25, 0.3) is 0 Å². The molecular formula is C14H15ClN2S3. The zero-order chi connectivity index (χ0) is 13.2. The van der Waals surface area contributed by atoms with Crippen molar-refractivity contribution in [2.45, 2.75) is 13.1 Å². The van der Waals surface area contributed by atoms with Crippen molar-refractivity contribution < 1.29 is 0 Å². The van der Waals surface area contributed by atoms with Crippen molar-refractivity contribution in [3.8, 4) is 20.2 Å². The van der Waals surface area contributed by atoms with Gasteiger partial charge in [-0.15, -0.1) is 46.4 Å². The first-order valence-electron chi connectivity index (χ1n) is 5.96. The monoisotopic (exact) mass is 342 g/mol. The largest absolute Gasteiger partial charge is 0.326 e. The first-order valence-corrected chi connectivity index (χ1v) is 8.60. The van der Waals surface area contributed by atoms with Crippen molar-refractivity contribution in [3.63, 3.8) is 0 Å². The Morgan fingerprint density at radius 1 is 0.900 bits per heavy atom. The molecule has 0 aliphatic heterocycles. The van der Waals surface area contributed by atoms with Gasteiger partial charge in [-0.05, 0) is 39.4 Å². The average Bonchev–Trinajstić information content (AvgIpc) is 3.16. The summed E-state index contributed by atoms with van der Waals surface area (Å²) in [5.41, 5.74) is 15.4. The van der Waals surface area contributed by atoms with E-state index < -0.39 is 0 Å². The van der Waals surface area contributed by atoms with Crippen molar-refractivity contribution in [1.82, 2.24) is 0 Å². The van der Waals surface area contributed by atoms with Crippen LogP contribution >= 0.6 is 46.4 Å². The summed E-state index contributed by atoms with van der Waals surface area (Å²) in [6.07, 6.45) is 0. The predicted octanol–water partition coefficient (Wildman–Crippen LogP) is 4.54. The van der Waals surface area contributed by atoms with Gasteiger partial charge >= 0.3 is 0 Å². The maximum Gasteiger partial charge on any atom is 0.0532 e. The molecule has 0 spiro atoms. The minimum Gasteiger partial charge on any atom is -0.326 e. The summed E-state index contributed by atoms with van der Waals surface area (Å²) in [4.78, 5) is 3.90. The zero-order valence-electron chi connectivity index (χ0n) is 10.7. The molecule has 0 aliphatic carbocycles. The molecule has 3 aromatic heterocycles. The minimum atomic E-state index is 0. The molecule has 0 unspecified atom stereocenters. The first kappa shape index (κ1) is 15.7. The van der Waals surface area contributed by atoms with Crippen molar-refractivity contribution >= 4 is 46.4 Å². The summed E-state index contributed by atoms with van der Waals surface area (Å²) < 4.78 is 0. The Bertz CT molecular complexity index is 670. The molecule has 2 nitrogen and oxygen atoms in total. The van der Waals surface area contributed by atoms with Gasteiger partial charge in [0.05, 0.1) is 4.88 Å². The molecule has 0 aromatic carbocycles. The summed E-state index contributed by atoms with van der Waals surface area (Å²) in [6.45, 7) is 1.11. The summed E-state index contributed by atoms with van der Waals surface area (Å²) >= 11 is 5.30. The summed E-state index contributed by atoms with van der Waals surface area (Å²) in [6, 6.07) is 6.44. The van der Waals surface area contributed by atoms with E-state index in [4.69, 9.17) is 11.5 Å². The van der Waals surface area contributed by atoms with Gasteiger partial charge in [0.2, 0.25) is 0 Å². The Balaban J connectivity index is 0.00000147. The van der Waals surface area contributed by atoms with Crippen LogP contribution in [0.5, 0.6) is 0 Å². The third kappa shape index (κ3) is 2.70. The van der Waals surface area contributed by atoms with E-state index in [1.165, 1.54) is 31.3 Å². The van der Waals surface area contributed by atoms with Crippen LogP contribution in [0.2, 0.25) is 0 Å². The highest BCUT2D eigenvalue weighted by molar-refractivity contribution is 7.21. The normalized spacial score (nSPS) is 10.5. The van der Waals surface area contributed by atoms with Gasteiger partial charge in [0.1, 0.15) is 0 Å². The second kappa shape index (κ2) is 6.85. The summed E-state index contributed by atoms with van der Waals surface area (Å²) in [7, 11) is 0. The molecule has 0 radical (unpaired) electrons. The fourth-order valence-electron chi connectivity index (χ4n) is 2.11. The molecule has 3 aromatic rings. The molecular weight excluding hydrogens is 328 g/mol. The maximum absolute atomic E-state index is 5.90. The smallest absolute Gasteiger partial charge is 0.0532 e. The third-order valence-corrected chi connectivity index (χ3v) is 6.12. The Kier molecular flexibility index (Phi) is 5.37. The molecule has 4 N–H and O–H groups in total. The molecule has 6 heteroatoms. The highest BCUT2D eigenvalue weighted by atomic mass is 35.5. The third-order valence-electron chi connectivity index (χ3n) is 3.06. The lowest BCUT2D eigenvalue weighted by atomic mass is 10.1. The van der Waals surface area contributed by atoms with Gasteiger partial charge in [-0.25, -0.2) is 0 Å². The molecule has 0 amide bonds. The zero-order valence-corrected chi connectivity index (χ0v) is 13.9. The van der Waals surface area contributed by atoms with Crippen molar-refractivity contribution in [1.29, 1.82) is 0 Å². The van der Waals surface area contributed by atoms with Crippen LogP contribution in [0.15, 0.2) is 34.3 Å². The van der Waals surface area contributed by atoms with Crippen LogP contribution < -0.4 is 11.5 Å². The van der Waals surface area contributed by atoms with E-state index >= 15 is 0 Å². The van der Waals surface area contributed by atoms with Crippen LogP contribution in [-0.4, -0.2) is 0 Å². The van der Waals surface area contributed by atoms with Crippen molar-refractivity contribution in [3.05, 3.63) is 45.5 Å². The molecule has 106 valence electrons. The molecule has 0 saturated heterocycles. The van der Waals surface area contributed by atoms with E-state index in [1.807, 2.05) is 0 Å². The SMILES string of the molecule is Cl.NCc1csc(-c2sccc2-c2cccs2)c1CN. The molecule has 3 heterocycles. The molecule has 0 bridgehead atoms. The Morgan fingerprint density at radius 2 is 1.75 bits per heavy atom. The number of hydrogen-bond acceptors (Lipinski definition) is 5. The standard InChI is InChI=1S/C14H14N2S3.ClH/c15-6-9-8-19-14(11(9)7-16)13-10(3-5-18-13)12-2-1-4-17-12;/h1-5,8H,6-7,15-16H2;1H. The number of thiophene rings is 3. The molecule has 0 saturated carbocycles. The van der Waals surface area contributed by atoms with Gasteiger partial charge in [-0.1, -0.05) is 6.07 Å². The highest BCUT2D eigenvalue weighted by Gasteiger charge is 2.16. The number of nitrogens with two attached hydrogens (primary N) is 2. The fourth-order valence-corrected chi connectivity index (χ4v) is 5.17. The van der Waals surface area contributed by atoms with Crippen molar-refractivity contribution in [2.24, 2.45) is 11.5 Å². The average molecular weight is 343 g/mol. The molecule has 20 heavy (non-hydrogen) atoms. The van der Waals surface area contributed by atoms with Gasteiger partial charge in [-0.3, -0.25) is 0 Å². The Hall–Kier alpha value is -0.690. The van der Waals surface area contributed by atoms with E-state index in [0.717, 1.165) is 0 Å². The van der Waals surface area contributed by atoms with Crippen molar-refractivity contribution in [2.75, 3.05) is 0 Å². The molecule has 0 atom stereocenters. The van der Waals surface area contributed by atoms with Crippen LogP contribution in [0.3, 0.4) is 0 Å². The van der Waals surface area contributed by atoms with E-state index in [9.17, 15) is 0 Å². The van der Waals surface area contributed by atoms with Gasteiger partial charge in [0, 0.05) is 28.4 Å². The highest BCUT2D eigenvalue weighted by Crippen LogP contribution is 2.43. The van der Waals surface area contributed by atoms with Crippen LogP contribution in [0.4, 0.5) is 0 Å². The summed E-state index contributed by atoms with van der Waals surface area (Å²) in [5.74, 6) is 0. The Labute approximate surface area is 136 Å². The van der Waals surface area contributed by atoms with Crippen LogP contribution in [-0.2, 0) is 13.1 Å². The first-order chi connectivity index (χ1) is 9.35. The molecule has 3 rings (SSSR count). The lowest BCUT2D eigenvalue weighted by Gasteiger charge is -2.04. The maximum atomic E-state index is 5.90. The number of halogens is 1. The van der Waals surface area contributed by atoms with Crippen LogP contribution in [0.1, 0.15) is 11.1 Å². The summed E-state index contributed by atoms with van der Waals surface area (Å²) in [5, 5.41) is 6.39. The van der Waals surface area contributed by atoms with E-state index in [2.05, 4.69) is 34.3 Å². The quantitative estimate of drug-likeness (QED) is 0.731. The Morgan fingerprint density at radius 3 is 2.40 bits per heavy atom. The predicted molar refractivity (Wildman–Crippen MR) is 94.0 cm³/mol. The second-order valence-electron chi connectivity index (χ2n) is 4.12. The van der Waals surface area contributed by atoms with E-state index in [1.54, 1.807) is 34.0 Å². The van der Waals surface area contributed by atoms with Gasteiger partial charge in [-0.2, -0.15) is 0 Å². The lowest BCUT2D eigenvalue weighted by molar-refractivity contribution is 0.996. The topological polar surface area (TPSA) is 52.0 Å². The number of hydrogen-bond donors (Lipinski definition) is 2. The minimum absolute atomic E-state index is 0. The lowest BCUT2D eigenvalue weighted by Crippen LogP contribution is -2.03. The number of rotatable bonds is 4. The molecule has 0 fully saturated rings. The van der Waals surface area contributed by atoms with Crippen LogP contribution in [0, 0.1) is 0 Å². The van der Waals surface area contributed by atoms with E-state index in [0.29, 0.717) is 13.1 Å². The van der Waals surface area contributed by atoms with E-state index in [-0.39, 0.29) is 12.4 Å².